The Morgan fingerprint density at radius 3 is 2.71 bits per heavy atom. The van der Waals surface area contributed by atoms with Crippen molar-refractivity contribution in [2.24, 2.45) is 0 Å². The van der Waals surface area contributed by atoms with Gasteiger partial charge in [0.25, 0.3) is 11.8 Å². The van der Waals surface area contributed by atoms with E-state index in [1.54, 1.807) is 24.3 Å². The molecule has 2 aromatic carbocycles. The highest BCUT2D eigenvalue weighted by Gasteiger charge is 2.24. The number of furan rings is 1. The first-order valence-electron chi connectivity index (χ1n) is 9.46. The molecule has 0 bridgehead atoms. The molecule has 6 heteroatoms. The Hall–Kier alpha value is -3.12. The van der Waals surface area contributed by atoms with Gasteiger partial charge in [0.1, 0.15) is 5.58 Å². The number of rotatable bonds is 7. The molecular weight excluding hydrogens is 356 g/mol. The number of nitrogens with one attached hydrogen (secondary N) is 2. The minimum absolute atomic E-state index is 0.126. The van der Waals surface area contributed by atoms with E-state index < -0.39 is 0 Å². The fourth-order valence-electron chi connectivity index (χ4n) is 3.05. The lowest BCUT2D eigenvalue weighted by Crippen LogP contribution is -2.25. The summed E-state index contributed by atoms with van der Waals surface area (Å²) in [6.45, 7) is 2.74. The van der Waals surface area contributed by atoms with Crippen LogP contribution in [0.1, 0.15) is 46.2 Å². The van der Waals surface area contributed by atoms with E-state index in [0.29, 0.717) is 30.0 Å². The third-order valence-corrected chi connectivity index (χ3v) is 4.65. The first-order valence-corrected chi connectivity index (χ1v) is 9.46. The molecule has 0 spiro atoms. The van der Waals surface area contributed by atoms with Crippen LogP contribution in [-0.2, 0) is 11.3 Å². The third-order valence-electron chi connectivity index (χ3n) is 4.65. The highest BCUT2D eigenvalue weighted by atomic mass is 16.5. The van der Waals surface area contributed by atoms with Gasteiger partial charge in [-0.05, 0) is 44.0 Å². The van der Waals surface area contributed by atoms with Crippen molar-refractivity contribution in [3.63, 3.8) is 0 Å². The zero-order chi connectivity index (χ0) is 19.5. The van der Waals surface area contributed by atoms with Crippen molar-refractivity contribution in [2.45, 2.75) is 32.4 Å². The van der Waals surface area contributed by atoms with Crippen molar-refractivity contribution in [1.82, 2.24) is 5.32 Å². The van der Waals surface area contributed by atoms with Gasteiger partial charge in [-0.3, -0.25) is 9.59 Å². The molecule has 6 nitrogen and oxygen atoms in total. The number of amides is 2. The molecule has 1 aliphatic rings. The number of ether oxygens (including phenoxy) is 1. The summed E-state index contributed by atoms with van der Waals surface area (Å²) in [6, 6.07) is 14.7. The van der Waals surface area contributed by atoms with Crippen LogP contribution in [-0.4, -0.2) is 24.5 Å². The number of hydrogen-bond acceptors (Lipinski definition) is 4. The Balaban J connectivity index is 1.57. The van der Waals surface area contributed by atoms with E-state index in [1.807, 2.05) is 31.2 Å². The zero-order valence-corrected chi connectivity index (χ0v) is 15.7. The number of para-hydroxylation sites is 1. The largest absolute Gasteiger partial charge is 0.451 e. The third kappa shape index (κ3) is 3.92. The number of benzene rings is 2. The van der Waals surface area contributed by atoms with Gasteiger partial charge in [0.2, 0.25) is 0 Å². The maximum atomic E-state index is 12.9. The first kappa shape index (κ1) is 18.3. The average molecular weight is 378 g/mol. The van der Waals surface area contributed by atoms with Crippen molar-refractivity contribution in [1.29, 1.82) is 0 Å². The van der Waals surface area contributed by atoms with Gasteiger partial charge in [-0.2, -0.15) is 0 Å². The topological polar surface area (TPSA) is 80.6 Å². The van der Waals surface area contributed by atoms with Crippen LogP contribution < -0.4 is 10.6 Å². The summed E-state index contributed by atoms with van der Waals surface area (Å²) >= 11 is 0. The summed E-state index contributed by atoms with van der Waals surface area (Å²) < 4.78 is 11.3. The van der Waals surface area contributed by atoms with E-state index in [9.17, 15) is 9.59 Å². The molecule has 0 saturated heterocycles. The number of anilines is 1. The summed E-state index contributed by atoms with van der Waals surface area (Å²) in [5, 5.41) is 6.64. The SMILES string of the molecule is CCOCc1c(C(=O)Nc2cccc(C(=O)NC3CC3)c2)oc2ccccc12. The van der Waals surface area contributed by atoms with Gasteiger partial charge in [-0.1, -0.05) is 24.3 Å². The second-order valence-corrected chi connectivity index (χ2v) is 6.83. The predicted molar refractivity (Wildman–Crippen MR) is 106 cm³/mol. The molecule has 28 heavy (non-hydrogen) atoms. The van der Waals surface area contributed by atoms with E-state index in [1.165, 1.54) is 0 Å². The highest BCUT2D eigenvalue weighted by molar-refractivity contribution is 6.07. The molecule has 1 saturated carbocycles. The molecule has 144 valence electrons. The zero-order valence-electron chi connectivity index (χ0n) is 15.7. The van der Waals surface area contributed by atoms with Crippen LogP contribution >= 0.6 is 0 Å². The molecule has 4 rings (SSSR count). The van der Waals surface area contributed by atoms with Crippen LogP contribution in [0.25, 0.3) is 11.0 Å². The van der Waals surface area contributed by atoms with Crippen LogP contribution in [0, 0.1) is 0 Å². The molecule has 1 aliphatic carbocycles. The van der Waals surface area contributed by atoms with Crippen LogP contribution in [0.3, 0.4) is 0 Å². The molecule has 1 heterocycles. The number of carbonyl (C=O) groups excluding carboxylic acids is 2. The summed E-state index contributed by atoms with van der Waals surface area (Å²) in [6.07, 6.45) is 2.05. The molecule has 0 atom stereocenters. The molecule has 1 fully saturated rings. The van der Waals surface area contributed by atoms with Crippen molar-refractivity contribution >= 4 is 28.5 Å². The smallest absolute Gasteiger partial charge is 0.291 e. The summed E-state index contributed by atoms with van der Waals surface area (Å²) in [7, 11) is 0. The van der Waals surface area contributed by atoms with Crippen molar-refractivity contribution in [2.75, 3.05) is 11.9 Å². The number of hydrogen-bond donors (Lipinski definition) is 2. The van der Waals surface area contributed by atoms with E-state index in [2.05, 4.69) is 10.6 Å². The Bertz CT molecular complexity index is 1020. The second kappa shape index (κ2) is 7.86. The highest BCUT2D eigenvalue weighted by Crippen LogP contribution is 2.27. The van der Waals surface area contributed by atoms with Gasteiger partial charge in [-0.25, -0.2) is 0 Å². The van der Waals surface area contributed by atoms with Gasteiger partial charge in [-0.15, -0.1) is 0 Å². The van der Waals surface area contributed by atoms with Crippen molar-refractivity contribution < 1.29 is 18.7 Å². The van der Waals surface area contributed by atoms with Gasteiger partial charge in [0.05, 0.1) is 6.61 Å². The Labute approximate surface area is 162 Å². The molecule has 1 aromatic heterocycles. The summed E-state index contributed by atoms with van der Waals surface area (Å²) in [5.74, 6) is -0.271. The normalized spacial score (nSPS) is 13.5. The van der Waals surface area contributed by atoms with E-state index in [0.717, 1.165) is 23.8 Å². The fourth-order valence-corrected chi connectivity index (χ4v) is 3.05. The van der Waals surface area contributed by atoms with Gasteiger partial charge in [0.15, 0.2) is 5.76 Å². The summed E-state index contributed by atoms with van der Waals surface area (Å²) in [4.78, 5) is 25.1. The van der Waals surface area contributed by atoms with Crippen molar-refractivity contribution in [3.05, 3.63) is 65.4 Å². The Kier molecular flexibility index (Phi) is 5.12. The molecule has 2 amide bonds. The average Bonchev–Trinajstić information content (AvgIpc) is 3.44. The second-order valence-electron chi connectivity index (χ2n) is 6.83. The molecular formula is C22H22N2O4. The minimum atomic E-state index is -0.370. The minimum Gasteiger partial charge on any atom is -0.451 e. The van der Waals surface area contributed by atoms with Crippen LogP contribution in [0.2, 0.25) is 0 Å². The van der Waals surface area contributed by atoms with Crippen LogP contribution in [0.15, 0.2) is 52.9 Å². The molecule has 2 N–H and O–H groups in total. The molecule has 0 aliphatic heterocycles. The first-order chi connectivity index (χ1) is 13.7. The quantitative estimate of drug-likeness (QED) is 0.648. The van der Waals surface area contributed by atoms with Crippen LogP contribution in [0.5, 0.6) is 0 Å². The van der Waals surface area contributed by atoms with Crippen molar-refractivity contribution in [3.8, 4) is 0 Å². The lowest BCUT2D eigenvalue weighted by Gasteiger charge is -2.08. The lowest BCUT2D eigenvalue weighted by molar-refractivity contribution is 0.0948. The maximum absolute atomic E-state index is 12.9. The van der Waals surface area contributed by atoms with E-state index in [4.69, 9.17) is 9.15 Å². The number of fused-ring (bicyclic) bond motifs is 1. The predicted octanol–water partition coefficient (Wildman–Crippen LogP) is 4.11. The molecule has 3 aromatic rings. The Morgan fingerprint density at radius 1 is 1.11 bits per heavy atom. The van der Waals surface area contributed by atoms with Crippen LogP contribution in [0.4, 0.5) is 5.69 Å². The van der Waals surface area contributed by atoms with Gasteiger partial charge < -0.3 is 19.8 Å². The monoisotopic (exact) mass is 378 g/mol. The van der Waals surface area contributed by atoms with E-state index in [-0.39, 0.29) is 23.6 Å². The summed E-state index contributed by atoms with van der Waals surface area (Å²) in [5.41, 5.74) is 2.41. The molecule has 0 radical (unpaired) electrons. The van der Waals surface area contributed by atoms with E-state index >= 15 is 0 Å². The lowest BCUT2D eigenvalue weighted by atomic mass is 10.1. The Morgan fingerprint density at radius 2 is 1.93 bits per heavy atom. The standard InChI is InChI=1S/C22H22N2O4/c1-2-27-13-18-17-8-3-4-9-19(17)28-20(18)22(26)24-16-7-5-6-14(12-16)21(25)23-15-10-11-15/h3-9,12,15H,2,10-11,13H2,1H3,(H,23,25)(H,24,26). The fraction of sp³-hybridized carbons (Fsp3) is 0.273. The molecule has 0 unspecified atom stereocenters. The number of carbonyl (C=O) groups is 2. The maximum Gasteiger partial charge on any atom is 0.291 e. The van der Waals surface area contributed by atoms with Gasteiger partial charge in [0, 0.05) is 34.8 Å². The van der Waals surface area contributed by atoms with Gasteiger partial charge >= 0.3 is 0 Å².